The van der Waals surface area contributed by atoms with Crippen molar-refractivity contribution in [2.75, 3.05) is 5.32 Å². The second kappa shape index (κ2) is 14.2. The highest BCUT2D eigenvalue weighted by Gasteiger charge is 2.30. The Morgan fingerprint density at radius 3 is 1.89 bits per heavy atom. The summed E-state index contributed by atoms with van der Waals surface area (Å²) in [5.41, 5.74) is 2.53. The van der Waals surface area contributed by atoms with E-state index >= 15 is 0 Å². The number of amides is 1. The summed E-state index contributed by atoms with van der Waals surface area (Å²) in [7, 11) is -3.97. The number of anilines is 1. The zero-order chi connectivity index (χ0) is 33.8. The number of aromatic nitrogens is 1. The summed E-state index contributed by atoms with van der Waals surface area (Å²) >= 11 is 0. The number of hydrogen-bond donors (Lipinski definition) is 5. The number of carbonyl (C=O) groups excluding carboxylic acids is 1. The molecule has 6 N–H and O–H groups in total. The van der Waals surface area contributed by atoms with Crippen LogP contribution in [0.5, 0.6) is 0 Å². The zero-order valence-electron chi connectivity index (χ0n) is 24.9. The highest BCUT2D eigenvalue weighted by molar-refractivity contribution is 7.89. The van der Waals surface area contributed by atoms with E-state index in [0.29, 0.717) is 27.9 Å². The van der Waals surface area contributed by atoms with Crippen molar-refractivity contribution in [1.29, 1.82) is 0 Å². The van der Waals surface area contributed by atoms with Gasteiger partial charge in [0.15, 0.2) is 0 Å². The minimum absolute atomic E-state index is 0.122. The van der Waals surface area contributed by atoms with E-state index < -0.39 is 58.2 Å². The molecule has 4 aromatic rings. The fourth-order valence-corrected chi connectivity index (χ4v) is 5.62. The summed E-state index contributed by atoms with van der Waals surface area (Å²) in [6.45, 7) is 3.62. The number of carboxylic acids is 1. The van der Waals surface area contributed by atoms with Crippen LogP contribution < -0.4 is 10.5 Å². The Hall–Kier alpha value is -4.69. The van der Waals surface area contributed by atoms with Gasteiger partial charge >= 0.3 is 5.97 Å². The molecule has 10 nitrogen and oxygen atoms in total. The van der Waals surface area contributed by atoms with Crippen molar-refractivity contribution in [1.82, 2.24) is 4.57 Å². The van der Waals surface area contributed by atoms with E-state index in [0.717, 1.165) is 0 Å². The van der Waals surface area contributed by atoms with Crippen molar-refractivity contribution in [3.63, 3.8) is 0 Å². The molecule has 0 spiro atoms. The minimum atomic E-state index is -3.97. The lowest BCUT2D eigenvalue weighted by Gasteiger charge is -2.17. The average molecular weight is 654 g/mol. The molecule has 0 radical (unpaired) electrons. The Morgan fingerprint density at radius 1 is 0.891 bits per heavy atom. The molecule has 1 amide bonds. The second-order valence-electron chi connectivity index (χ2n) is 10.9. The Labute approximate surface area is 264 Å². The molecular formula is C33H33F2N3O7S. The molecule has 0 aliphatic carbocycles. The summed E-state index contributed by atoms with van der Waals surface area (Å²) in [4.78, 5) is 25.0. The number of carbonyl (C=O) groups is 2. The summed E-state index contributed by atoms with van der Waals surface area (Å²) in [6.07, 6.45) is -0.539. The van der Waals surface area contributed by atoms with Crippen molar-refractivity contribution >= 4 is 33.7 Å². The molecule has 4 rings (SSSR count). The van der Waals surface area contributed by atoms with Crippen LogP contribution in [0.2, 0.25) is 0 Å². The van der Waals surface area contributed by atoms with Crippen LogP contribution >= 0.6 is 0 Å². The number of nitrogens with zero attached hydrogens (tertiary/aromatic N) is 1. The van der Waals surface area contributed by atoms with Crippen LogP contribution in [0.25, 0.3) is 28.3 Å². The maximum atomic E-state index is 14.1. The van der Waals surface area contributed by atoms with Gasteiger partial charge in [-0.3, -0.25) is 9.59 Å². The Bertz CT molecular complexity index is 1850. The normalized spacial score (nSPS) is 13.2. The number of rotatable bonds is 12. The number of sulfonamides is 1. The first kappa shape index (κ1) is 34.2. The number of benzene rings is 3. The Morgan fingerprint density at radius 2 is 1.41 bits per heavy atom. The van der Waals surface area contributed by atoms with Crippen LogP contribution in [-0.2, 0) is 14.8 Å². The van der Waals surface area contributed by atoms with Gasteiger partial charge in [-0.05, 0) is 79.6 Å². The maximum Gasteiger partial charge on any atom is 0.305 e. The van der Waals surface area contributed by atoms with E-state index in [1.165, 1.54) is 84.9 Å². The van der Waals surface area contributed by atoms with Gasteiger partial charge in [-0.25, -0.2) is 22.3 Å². The fourth-order valence-electron chi connectivity index (χ4n) is 5.10. The van der Waals surface area contributed by atoms with Crippen molar-refractivity contribution in [2.24, 2.45) is 5.14 Å². The standard InChI is InChI=1S/C33H33F2N3O7S/c1-19(2)38-28(16-13-25(39)17-26(40)18-29(41)42)30(20-3-7-22(34)8-4-20)31(21-5-9-23(35)10-6-21)32(38)33(43)37-24-11-14-27(15-12-24)46(36,44)45/h3-16,19,25-26,39-40H,17-18H2,1-2H3,(H,37,43)(H,41,42)(H2,36,44,45)/b16-13+/t25-,26-/m1/s1. The number of hydrogen-bond acceptors (Lipinski definition) is 6. The van der Waals surface area contributed by atoms with Crippen molar-refractivity contribution < 1.29 is 42.1 Å². The van der Waals surface area contributed by atoms with Gasteiger partial charge in [0, 0.05) is 35.0 Å². The van der Waals surface area contributed by atoms with Gasteiger partial charge in [0.1, 0.15) is 17.3 Å². The summed E-state index contributed by atoms with van der Waals surface area (Å²) < 4.78 is 53.2. The molecular weight excluding hydrogens is 620 g/mol. The summed E-state index contributed by atoms with van der Waals surface area (Å²) in [5, 5.41) is 37.6. The smallest absolute Gasteiger partial charge is 0.305 e. The Balaban J connectivity index is 1.96. The molecule has 0 saturated heterocycles. The molecule has 0 aliphatic rings. The number of aliphatic hydroxyl groups is 2. The van der Waals surface area contributed by atoms with Gasteiger partial charge in [-0.2, -0.15) is 0 Å². The molecule has 0 fully saturated rings. The molecule has 1 heterocycles. The number of primary sulfonamides is 1. The third-order valence-electron chi connectivity index (χ3n) is 7.08. The van der Waals surface area contributed by atoms with E-state index in [-0.39, 0.29) is 22.7 Å². The molecule has 0 saturated carbocycles. The van der Waals surface area contributed by atoms with Gasteiger partial charge < -0.3 is 25.2 Å². The predicted molar refractivity (Wildman–Crippen MR) is 169 cm³/mol. The summed E-state index contributed by atoms with van der Waals surface area (Å²) in [6, 6.07) is 15.8. The lowest BCUT2D eigenvalue weighted by molar-refractivity contribution is -0.139. The largest absolute Gasteiger partial charge is 0.481 e. The molecule has 1 aromatic heterocycles. The van der Waals surface area contributed by atoms with E-state index in [2.05, 4.69) is 5.32 Å². The molecule has 0 aliphatic heterocycles. The first-order chi connectivity index (χ1) is 21.6. The number of carboxylic acid groups (broad SMARTS) is 1. The quantitative estimate of drug-likeness (QED) is 0.140. The molecule has 0 unspecified atom stereocenters. The van der Waals surface area contributed by atoms with Crippen molar-refractivity contribution in [3.8, 4) is 22.3 Å². The third kappa shape index (κ3) is 8.12. The van der Waals surface area contributed by atoms with Crippen LogP contribution in [0.1, 0.15) is 48.9 Å². The van der Waals surface area contributed by atoms with E-state index in [1.807, 2.05) is 13.8 Å². The number of aliphatic carboxylic acids is 1. The van der Waals surface area contributed by atoms with Crippen LogP contribution in [0.3, 0.4) is 0 Å². The first-order valence-corrected chi connectivity index (χ1v) is 15.7. The SMILES string of the molecule is CC(C)n1c(/C=C/[C@@H](O)C[C@@H](O)CC(=O)O)c(-c2ccc(F)cc2)c(-c2ccc(F)cc2)c1C(=O)Nc1ccc(S(N)(=O)=O)cc1. The van der Waals surface area contributed by atoms with Crippen LogP contribution in [-0.4, -0.2) is 52.4 Å². The van der Waals surface area contributed by atoms with E-state index in [4.69, 9.17) is 10.2 Å². The first-order valence-electron chi connectivity index (χ1n) is 14.2. The van der Waals surface area contributed by atoms with Gasteiger partial charge in [-0.1, -0.05) is 30.3 Å². The molecule has 0 bridgehead atoms. The van der Waals surface area contributed by atoms with E-state index in [9.17, 15) is 37.0 Å². The Kier molecular flexibility index (Phi) is 10.5. The topological polar surface area (TPSA) is 172 Å². The van der Waals surface area contributed by atoms with Gasteiger partial charge in [0.25, 0.3) is 5.91 Å². The maximum absolute atomic E-state index is 14.1. The number of aliphatic hydroxyl groups excluding tert-OH is 2. The van der Waals surface area contributed by atoms with Crippen molar-refractivity contribution in [2.45, 2.75) is 49.8 Å². The minimum Gasteiger partial charge on any atom is -0.481 e. The van der Waals surface area contributed by atoms with Crippen LogP contribution in [0.15, 0.2) is 83.8 Å². The second-order valence-corrected chi connectivity index (χ2v) is 12.5. The van der Waals surface area contributed by atoms with Gasteiger partial charge in [0.2, 0.25) is 10.0 Å². The van der Waals surface area contributed by atoms with Crippen molar-refractivity contribution in [3.05, 3.63) is 102 Å². The predicted octanol–water partition coefficient (Wildman–Crippen LogP) is 5.18. The summed E-state index contributed by atoms with van der Waals surface area (Å²) in [5.74, 6) is -2.86. The van der Waals surface area contributed by atoms with Gasteiger partial charge in [-0.15, -0.1) is 0 Å². The lowest BCUT2D eigenvalue weighted by Crippen LogP contribution is -2.20. The molecule has 242 valence electrons. The number of halogens is 2. The molecule has 3 aromatic carbocycles. The van der Waals surface area contributed by atoms with Gasteiger partial charge in [0.05, 0.1) is 23.5 Å². The lowest BCUT2D eigenvalue weighted by atomic mass is 9.94. The molecule has 46 heavy (non-hydrogen) atoms. The highest BCUT2D eigenvalue weighted by Crippen LogP contribution is 2.43. The van der Waals surface area contributed by atoms with Crippen LogP contribution in [0.4, 0.5) is 14.5 Å². The average Bonchev–Trinajstić information content (AvgIpc) is 3.32. The number of nitrogens with two attached hydrogens (primary N) is 1. The molecule has 13 heteroatoms. The van der Waals surface area contributed by atoms with Crippen LogP contribution in [0, 0.1) is 11.6 Å². The highest BCUT2D eigenvalue weighted by atomic mass is 32.2. The number of nitrogens with one attached hydrogen (secondary N) is 1. The zero-order valence-corrected chi connectivity index (χ0v) is 25.7. The van der Waals surface area contributed by atoms with E-state index in [1.54, 1.807) is 4.57 Å². The third-order valence-corrected chi connectivity index (χ3v) is 8.01. The fraction of sp³-hybridized carbons (Fsp3) is 0.212. The molecule has 2 atom stereocenters. The monoisotopic (exact) mass is 653 g/mol.